The Morgan fingerprint density at radius 2 is 1.58 bits per heavy atom. The molecule has 5 rings (SSSR count). The van der Waals surface area contributed by atoms with Gasteiger partial charge in [-0.1, -0.05) is 72.3 Å². The van der Waals surface area contributed by atoms with E-state index in [0.29, 0.717) is 28.6 Å². The van der Waals surface area contributed by atoms with Gasteiger partial charge in [-0.15, -0.1) is 0 Å². The molecular weight excluding hydrogens is 436 g/mol. The second-order valence-electron chi connectivity index (χ2n) is 7.57. The second kappa shape index (κ2) is 8.81. The Bertz CT molecular complexity index is 1390. The maximum Gasteiger partial charge on any atom is 0.333 e. The third-order valence-corrected chi connectivity index (χ3v) is 5.70. The van der Waals surface area contributed by atoms with Crippen molar-refractivity contribution in [3.8, 4) is 5.75 Å². The summed E-state index contributed by atoms with van der Waals surface area (Å²) in [6, 6.07) is 27.7. The van der Waals surface area contributed by atoms with Crippen molar-refractivity contribution in [2.45, 2.75) is 6.61 Å². The quantitative estimate of drug-likeness (QED) is 0.290. The number of nitrogens with zero attached hydrogens (tertiary/aromatic N) is 1. The zero-order chi connectivity index (χ0) is 22.8. The minimum Gasteiger partial charge on any atom is -0.488 e. The first-order valence-electron chi connectivity index (χ1n) is 10.4. The zero-order valence-electron chi connectivity index (χ0n) is 17.5. The smallest absolute Gasteiger partial charge is 0.333 e. The van der Waals surface area contributed by atoms with Crippen LogP contribution >= 0.6 is 11.6 Å². The van der Waals surface area contributed by atoms with Gasteiger partial charge in [-0.25, -0.2) is 9.69 Å². The summed E-state index contributed by atoms with van der Waals surface area (Å²) in [6.45, 7) is 0.374. The Balaban J connectivity index is 1.40. The van der Waals surface area contributed by atoms with Crippen LogP contribution in [0.15, 0.2) is 96.7 Å². The van der Waals surface area contributed by atoms with Crippen molar-refractivity contribution in [3.63, 3.8) is 0 Å². The Kier molecular flexibility index (Phi) is 5.55. The molecule has 5 nitrogen and oxygen atoms in total. The van der Waals surface area contributed by atoms with Gasteiger partial charge in [0.15, 0.2) is 0 Å². The predicted octanol–water partition coefficient (Wildman–Crippen LogP) is 6.17. The van der Waals surface area contributed by atoms with Crippen LogP contribution in [0.3, 0.4) is 0 Å². The van der Waals surface area contributed by atoms with Gasteiger partial charge >= 0.3 is 6.03 Å². The molecule has 4 aromatic rings. The van der Waals surface area contributed by atoms with Gasteiger partial charge in [-0.2, -0.15) is 0 Å². The van der Waals surface area contributed by atoms with Gasteiger partial charge < -0.3 is 10.1 Å². The predicted molar refractivity (Wildman–Crippen MR) is 130 cm³/mol. The summed E-state index contributed by atoms with van der Waals surface area (Å²) < 4.78 is 6.13. The second-order valence-corrected chi connectivity index (χ2v) is 8.01. The molecule has 1 fully saturated rings. The van der Waals surface area contributed by atoms with E-state index in [0.717, 1.165) is 21.2 Å². The van der Waals surface area contributed by atoms with Crippen molar-refractivity contribution < 1.29 is 14.3 Å². The minimum absolute atomic E-state index is 0.177. The van der Waals surface area contributed by atoms with Crippen molar-refractivity contribution >= 4 is 46.1 Å². The summed E-state index contributed by atoms with van der Waals surface area (Å²) in [7, 11) is 0. The molecule has 1 aliphatic rings. The lowest BCUT2D eigenvalue weighted by Crippen LogP contribution is -2.30. The van der Waals surface area contributed by atoms with E-state index in [9.17, 15) is 9.59 Å². The van der Waals surface area contributed by atoms with Gasteiger partial charge in [0.2, 0.25) is 0 Å². The fourth-order valence-electron chi connectivity index (χ4n) is 3.82. The largest absolute Gasteiger partial charge is 0.488 e. The van der Waals surface area contributed by atoms with Crippen LogP contribution in [0.5, 0.6) is 5.75 Å². The van der Waals surface area contributed by atoms with Crippen LogP contribution < -0.4 is 15.0 Å². The summed E-state index contributed by atoms with van der Waals surface area (Å²) in [4.78, 5) is 26.5. The lowest BCUT2D eigenvalue weighted by Gasteiger charge is -2.12. The third-order valence-electron chi connectivity index (χ3n) is 5.44. The number of benzene rings is 4. The highest BCUT2D eigenvalue weighted by molar-refractivity contribution is 6.31. The number of fused-ring (bicyclic) bond motifs is 1. The molecule has 0 unspecified atom stereocenters. The molecule has 6 heteroatoms. The van der Waals surface area contributed by atoms with Gasteiger partial charge in [0, 0.05) is 10.6 Å². The van der Waals surface area contributed by atoms with Gasteiger partial charge in [0.25, 0.3) is 5.91 Å². The van der Waals surface area contributed by atoms with Gasteiger partial charge in [0.1, 0.15) is 18.1 Å². The van der Waals surface area contributed by atoms with Gasteiger partial charge in [-0.3, -0.25) is 4.79 Å². The van der Waals surface area contributed by atoms with Crippen molar-refractivity contribution in [2.75, 3.05) is 4.90 Å². The molecule has 1 saturated heterocycles. The first-order valence-corrected chi connectivity index (χ1v) is 10.8. The maximum atomic E-state index is 12.9. The number of ether oxygens (including phenoxy) is 1. The lowest BCUT2D eigenvalue weighted by atomic mass is 10.1. The maximum absolute atomic E-state index is 12.9. The molecule has 0 aliphatic carbocycles. The molecule has 0 atom stereocenters. The van der Waals surface area contributed by atoms with Gasteiger partial charge in [-0.05, 0) is 52.7 Å². The van der Waals surface area contributed by atoms with E-state index in [1.807, 2.05) is 48.5 Å². The molecule has 1 N–H and O–H groups in total. The van der Waals surface area contributed by atoms with Crippen LogP contribution in [-0.4, -0.2) is 11.9 Å². The molecule has 1 heterocycles. The first kappa shape index (κ1) is 20.8. The number of hydrogen-bond donors (Lipinski definition) is 1. The third kappa shape index (κ3) is 4.19. The number of urea groups is 1. The SMILES string of the molecule is O=C1N/C(=C/c2ccccc2OCc2cccc3ccccc23)C(=O)N1c1ccc(Cl)cc1. The Hall–Kier alpha value is -4.09. The summed E-state index contributed by atoms with van der Waals surface area (Å²) >= 11 is 5.92. The Morgan fingerprint density at radius 3 is 2.42 bits per heavy atom. The minimum atomic E-state index is -0.511. The molecule has 0 saturated carbocycles. The average molecular weight is 455 g/mol. The fourth-order valence-corrected chi connectivity index (χ4v) is 3.95. The average Bonchev–Trinajstić information content (AvgIpc) is 3.11. The summed E-state index contributed by atoms with van der Waals surface area (Å²) in [5.74, 6) is 0.177. The van der Waals surface area contributed by atoms with E-state index in [1.54, 1.807) is 30.3 Å². The Morgan fingerprint density at radius 1 is 0.848 bits per heavy atom. The number of halogens is 1. The number of rotatable bonds is 5. The molecular formula is C27H19ClN2O3. The number of carbonyl (C=O) groups is 2. The topological polar surface area (TPSA) is 58.6 Å². The highest BCUT2D eigenvalue weighted by Crippen LogP contribution is 2.27. The standard InChI is InChI=1S/C27H19ClN2O3/c28-21-12-14-22(15-13-21)30-26(31)24(29-27(30)32)16-19-7-2-4-11-25(19)33-17-20-9-5-8-18-6-1-3-10-23(18)20/h1-16H,17H2,(H,29,32)/b24-16+. The number of imide groups is 1. The monoisotopic (exact) mass is 454 g/mol. The molecule has 0 radical (unpaired) electrons. The van der Waals surface area contributed by atoms with E-state index >= 15 is 0 Å². The van der Waals surface area contributed by atoms with Crippen molar-refractivity contribution in [1.82, 2.24) is 5.32 Å². The summed E-state index contributed by atoms with van der Waals surface area (Å²) in [5.41, 5.74) is 2.39. The number of nitrogens with one attached hydrogen (secondary N) is 1. The van der Waals surface area contributed by atoms with Crippen LogP contribution in [0, 0.1) is 0 Å². The van der Waals surface area contributed by atoms with Crippen LogP contribution in [-0.2, 0) is 11.4 Å². The number of hydrogen-bond acceptors (Lipinski definition) is 3. The molecule has 162 valence electrons. The first-order chi connectivity index (χ1) is 16.1. The van der Waals surface area contributed by atoms with E-state index in [-0.39, 0.29) is 5.70 Å². The van der Waals surface area contributed by atoms with Crippen LogP contribution in [0.4, 0.5) is 10.5 Å². The molecule has 3 amide bonds. The van der Waals surface area contributed by atoms with Crippen molar-refractivity contribution in [1.29, 1.82) is 0 Å². The summed E-state index contributed by atoms with van der Waals surface area (Å²) in [5, 5.41) is 5.46. The number of anilines is 1. The normalized spacial score (nSPS) is 14.7. The van der Waals surface area contributed by atoms with E-state index < -0.39 is 11.9 Å². The highest BCUT2D eigenvalue weighted by atomic mass is 35.5. The molecule has 4 aromatic carbocycles. The molecule has 33 heavy (non-hydrogen) atoms. The number of carbonyl (C=O) groups excluding carboxylic acids is 2. The van der Waals surface area contributed by atoms with Crippen LogP contribution in [0.25, 0.3) is 16.8 Å². The van der Waals surface area contributed by atoms with Crippen molar-refractivity contribution in [3.05, 3.63) is 113 Å². The zero-order valence-corrected chi connectivity index (χ0v) is 18.3. The Labute approximate surface area is 195 Å². The summed E-state index contributed by atoms with van der Waals surface area (Å²) in [6.07, 6.45) is 1.63. The van der Waals surface area contributed by atoms with Gasteiger partial charge in [0.05, 0.1) is 5.69 Å². The van der Waals surface area contributed by atoms with Crippen LogP contribution in [0.1, 0.15) is 11.1 Å². The highest BCUT2D eigenvalue weighted by Gasteiger charge is 2.35. The number of amides is 3. The van der Waals surface area contributed by atoms with E-state index in [4.69, 9.17) is 16.3 Å². The molecule has 0 aromatic heterocycles. The molecule has 0 spiro atoms. The molecule has 0 bridgehead atoms. The van der Waals surface area contributed by atoms with Crippen molar-refractivity contribution in [2.24, 2.45) is 0 Å². The fraction of sp³-hybridized carbons (Fsp3) is 0.0370. The number of para-hydroxylation sites is 1. The van der Waals surface area contributed by atoms with E-state index in [1.165, 1.54) is 0 Å². The lowest BCUT2D eigenvalue weighted by molar-refractivity contribution is -0.113. The molecule has 1 aliphatic heterocycles. The van der Waals surface area contributed by atoms with Crippen LogP contribution in [0.2, 0.25) is 5.02 Å². The van der Waals surface area contributed by atoms with E-state index in [2.05, 4.69) is 23.5 Å².